The SMILES string of the molecule is C[Si](C)(C(=S)CCCCl)c1ccccc1. The zero-order valence-corrected chi connectivity index (χ0v) is 11.9. The molecule has 3 heteroatoms. The predicted molar refractivity (Wildman–Crippen MR) is 76.1 cm³/mol. The van der Waals surface area contributed by atoms with Gasteiger partial charge in [0, 0.05) is 5.88 Å². The summed E-state index contributed by atoms with van der Waals surface area (Å²) in [6, 6.07) is 10.6. The van der Waals surface area contributed by atoms with E-state index in [-0.39, 0.29) is 0 Å². The van der Waals surface area contributed by atoms with Gasteiger partial charge in [0.15, 0.2) is 0 Å². The van der Waals surface area contributed by atoms with E-state index in [2.05, 4.69) is 43.4 Å². The highest BCUT2D eigenvalue weighted by Gasteiger charge is 2.27. The smallest absolute Gasteiger partial charge is 0.120 e. The molecule has 1 rings (SSSR count). The van der Waals surface area contributed by atoms with Crippen molar-refractivity contribution in [1.29, 1.82) is 0 Å². The fourth-order valence-corrected chi connectivity index (χ4v) is 4.34. The molecular weight excluding hydrogens is 240 g/mol. The first-order valence-corrected chi connectivity index (χ1v) is 9.18. The molecule has 0 saturated heterocycles. The summed E-state index contributed by atoms with van der Waals surface area (Å²) in [4.78, 5) is 0. The van der Waals surface area contributed by atoms with Gasteiger partial charge in [-0.05, 0) is 17.3 Å². The Kier molecular flexibility index (Phi) is 4.96. The Balaban J connectivity index is 2.78. The van der Waals surface area contributed by atoms with Gasteiger partial charge in [-0.1, -0.05) is 60.8 Å². The van der Waals surface area contributed by atoms with E-state index in [1.54, 1.807) is 0 Å². The van der Waals surface area contributed by atoms with Gasteiger partial charge in [-0.25, -0.2) is 0 Å². The van der Waals surface area contributed by atoms with E-state index < -0.39 is 8.07 Å². The molecule has 1 aromatic rings. The first kappa shape index (κ1) is 12.9. The van der Waals surface area contributed by atoms with Crippen LogP contribution in [0.4, 0.5) is 0 Å². The lowest BCUT2D eigenvalue weighted by Crippen LogP contribution is -2.48. The van der Waals surface area contributed by atoms with Crippen LogP contribution in [0.25, 0.3) is 0 Å². The molecule has 0 fully saturated rings. The molecule has 0 spiro atoms. The van der Waals surface area contributed by atoms with Gasteiger partial charge in [0.25, 0.3) is 0 Å². The fourth-order valence-electron chi connectivity index (χ4n) is 1.56. The second-order valence-corrected chi connectivity index (χ2v) is 9.87. The number of benzene rings is 1. The molecule has 0 nitrogen and oxygen atoms in total. The molecule has 0 radical (unpaired) electrons. The van der Waals surface area contributed by atoms with Crippen LogP contribution in [0.5, 0.6) is 0 Å². The summed E-state index contributed by atoms with van der Waals surface area (Å²) in [5.41, 5.74) is 0. The minimum absolute atomic E-state index is 0.708. The molecule has 0 bridgehead atoms. The number of halogens is 1. The molecule has 0 saturated carbocycles. The summed E-state index contributed by atoms with van der Waals surface area (Å²) in [5.74, 6) is 0.708. The quantitative estimate of drug-likeness (QED) is 0.441. The first-order valence-electron chi connectivity index (χ1n) is 5.24. The molecule has 0 heterocycles. The zero-order valence-electron chi connectivity index (χ0n) is 9.29. The molecule has 0 amide bonds. The van der Waals surface area contributed by atoms with E-state index in [1.807, 2.05) is 0 Å². The topological polar surface area (TPSA) is 0 Å². The maximum Gasteiger partial charge on any atom is 0.120 e. The van der Waals surface area contributed by atoms with E-state index in [0.717, 1.165) is 12.8 Å². The largest absolute Gasteiger partial charge is 0.127 e. The standard InChI is InChI=1S/C12H17ClSSi/c1-15(2,12(14)9-6-10-13)11-7-4-3-5-8-11/h3-5,7-8H,6,9-10H2,1-2H3. The Bertz CT molecular complexity index is 322. The third-order valence-corrected chi connectivity index (χ3v) is 8.15. The summed E-state index contributed by atoms with van der Waals surface area (Å²) in [5, 5.41) is 1.42. The lowest BCUT2D eigenvalue weighted by Gasteiger charge is -2.24. The van der Waals surface area contributed by atoms with Gasteiger partial charge < -0.3 is 0 Å². The highest BCUT2D eigenvalue weighted by atomic mass is 35.5. The van der Waals surface area contributed by atoms with Crippen LogP contribution in [0.3, 0.4) is 0 Å². The molecule has 0 aliphatic carbocycles. The lowest BCUT2D eigenvalue weighted by atomic mass is 10.4. The predicted octanol–water partition coefficient (Wildman–Crippen LogP) is 3.53. The summed E-state index contributed by atoms with van der Waals surface area (Å²) < 4.78 is 1.23. The maximum atomic E-state index is 5.70. The minimum Gasteiger partial charge on any atom is -0.127 e. The van der Waals surface area contributed by atoms with Crippen LogP contribution in [0.2, 0.25) is 13.1 Å². The Morgan fingerprint density at radius 2 is 1.87 bits per heavy atom. The van der Waals surface area contributed by atoms with Crippen molar-refractivity contribution < 1.29 is 0 Å². The second-order valence-electron chi connectivity index (χ2n) is 4.21. The molecule has 0 aliphatic rings. The van der Waals surface area contributed by atoms with E-state index >= 15 is 0 Å². The van der Waals surface area contributed by atoms with Gasteiger partial charge >= 0.3 is 0 Å². The highest BCUT2D eigenvalue weighted by Crippen LogP contribution is 2.11. The Morgan fingerprint density at radius 1 is 1.27 bits per heavy atom. The minimum atomic E-state index is -1.55. The highest BCUT2D eigenvalue weighted by molar-refractivity contribution is 7.85. The first-order chi connectivity index (χ1) is 7.09. The molecule has 0 atom stereocenters. The number of hydrogen-bond acceptors (Lipinski definition) is 1. The van der Waals surface area contributed by atoms with Crippen molar-refractivity contribution in [2.45, 2.75) is 25.9 Å². The van der Waals surface area contributed by atoms with Gasteiger partial charge in [0.05, 0.1) is 0 Å². The Labute approximate surface area is 104 Å². The van der Waals surface area contributed by atoms with E-state index in [4.69, 9.17) is 23.8 Å². The summed E-state index contributed by atoms with van der Waals surface area (Å²) in [7, 11) is -1.55. The lowest BCUT2D eigenvalue weighted by molar-refractivity contribution is 1.02. The average Bonchev–Trinajstić information content (AvgIpc) is 2.27. The van der Waals surface area contributed by atoms with Gasteiger partial charge in [0.2, 0.25) is 0 Å². The molecule has 0 N–H and O–H groups in total. The average molecular weight is 257 g/mol. The van der Waals surface area contributed by atoms with Crippen LogP contribution in [0.15, 0.2) is 30.3 Å². The van der Waals surface area contributed by atoms with Crippen molar-refractivity contribution in [2.75, 3.05) is 5.88 Å². The summed E-state index contributed by atoms with van der Waals surface area (Å²) >= 11 is 11.2. The third kappa shape index (κ3) is 3.40. The summed E-state index contributed by atoms with van der Waals surface area (Å²) in [6.45, 7) is 4.64. The molecule has 0 aliphatic heterocycles. The van der Waals surface area contributed by atoms with Gasteiger partial charge in [-0.15, -0.1) is 11.6 Å². The summed E-state index contributed by atoms with van der Waals surface area (Å²) in [6.07, 6.45) is 2.00. The van der Waals surface area contributed by atoms with Gasteiger partial charge in [0.1, 0.15) is 8.07 Å². The van der Waals surface area contributed by atoms with Crippen LogP contribution in [0, 0.1) is 0 Å². The van der Waals surface area contributed by atoms with E-state index in [0.29, 0.717) is 5.88 Å². The molecular formula is C12H17ClSSi. The van der Waals surface area contributed by atoms with E-state index in [9.17, 15) is 0 Å². The fraction of sp³-hybridized carbons (Fsp3) is 0.417. The van der Waals surface area contributed by atoms with Crippen molar-refractivity contribution in [1.82, 2.24) is 0 Å². The zero-order chi connectivity index (χ0) is 11.3. The maximum absolute atomic E-state index is 5.70. The Hall–Kier alpha value is -0.183. The number of alkyl halides is 1. The van der Waals surface area contributed by atoms with Crippen molar-refractivity contribution in [2.24, 2.45) is 0 Å². The molecule has 1 aromatic carbocycles. The monoisotopic (exact) mass is 256 g/mol. The van der Waals surface area contributed by atoms with Crippen LogP contribution >= 0.6 is 23.8 Å². The Morgan fingerprint density at radius 3 is 2.40 bits per heavy atom. The number of rotatable bonds is 5. The normalized spacial score (nSPS) is 11.4. The van der Waals surface area contributed by atoms with Crippen LogP contribution in [-0.2, 0) is 0 Å². The van der Waals surface area contributed by atoms with Crippen LogP contribution < -0.4 is 5.19 Å². The van der Waals surface area contributed by atoms with Crippen molar-refractivity contribution in [3.05, 3.63) is 30.3 Å². The van der Waals surface area contributed by atoms with E-state index in [1.165, 1.54) is 9.67 Å². The van der Waals surface area contributed by atoms with Crippen molar-refractivity contribution >= 4 is 41.6 Å². The number of hydrogen-bond donors (Lipinski definition) is 0. The van der Waals surface area contributed by atoms with Gasteiger partial charge in [-0.2, -0.15) is 0 Å². The third-order valence-electron chi connectivity index (χ3n) is 2.73. The molecule has 0 aromatic heterocycles. The van der Waals surface area contributed by atoms with Crippen molar-refractivity contribution in [3.63, 3.8) is 0 Å². The molecule has 0 unspecified atom stereocenters. The number of thiocarbonyl (C=S) groups is 1. The molecule has 82 valence electrons. The van der Waals surface area contributed by atoms with Crippen molar-refractivity contribution in [3.8, 4) is 0 Å². The van der Waals surface area contributed by atoms with Gasteiger partial charge in [-0.3, -0.25) is 0 Å². The molecule has 15 heavy (non-hydrogen) atoms. The van der Waals surface area contributed by atoms with Crippen LogP contribution in [0.1, 0.15) is 12.8 Å². The second kappa shape index (κ2) is 5.78. The van der Waals surface area contributed by atoms with Crippen LogP contribution in [-0.4, -0.2) is 18.4 Å².